The Morgan fingerprint density at radius 3 is 2.87 bits per heavy atom. The van der Waals surface area contributed by atoms with Gasteiger partial charge in [0.25, 0.3) is 5.91 Å². The molecule has 4 atom stereocenters. The van der Waals surface area contributed by atoms with Crippen LogP contribution in [-0.4, -0.2) is 50.0 Å². The number of nitrogens with zero attached hydrogens (tertiary/aromatic N) is 1. The van der Waals surface area contributed by atoms with Gasteiger partial charge in [0.15, 0.2) is 0 Å². The van der Waals surface area contributed by atoms with Crippen molar-refractivity contribution in [1.29, 1.82) is 0 Å². The highest BCUT2D eigenvalue weighted by molar-refractivity contribution is 7.84. The first kappa shape index (κ1) is 21.7. The summed E-state index contributed by atoms with van der Waals surface area (Å²) >= 11 is 0. The standard InChI is InChI=1S/C22H36N4O3S/c23-17-9-5-3-1-2-4-8-16-14-22(16,21(28)25-30(29)18-11-12-18)24-20(27)19-10-6-7-13-26(19)15-17/h4,8,16-18,24,27H,1-3,5-7,9-15,23H2,(H,25,28)/b8-4-,20-19+/t16-,17+,22-,30?/m1/s1. The van der Waals surface area contributed by atoms with Crippen molar-refractivity contribution in [2.45, 2.75) is 87.5 Å². The number of fused-ring (bicyclic) bond motifs is 2. The molecule has 5 N–H and O–H groups in total. The number of nitrogens with two attached hydrogens (primary N) is 1. The normalized spacial score (nSPS) is 37.4. The molecule has 4 rings (SSSR count). The van der Waals surface area contributed by atoms with Crippen LogP contribution in [0.1, 0.15) is 70.6 Å². The summed E-state index contributed by atoms with van der Waals surface area (Å²) in [6.07, 6.45) is 14.9. The van der Waals surface area contributed by atoms with Gasteiger partial charge < -0.3 is 21.1 Å². The van der Waals surface area contributed by atoms with E-state index < -0.39 is 16.5 Å². The number of aliphatic hydroxyl groups excluding tert-OH is 1. The number of hydrogen-bond acceptors (Lipinski definition) is 6. The molecule has 8 heteroatoms. The number of aliphatic hydroxyl groups is 1. The Bertz CT molecular complexity index is 736. The highest BCUT2D eigenvalue weighted by Crippen LogP contribution is 2.46. The molecular formula is C22H36N4O3S. The fourth-order valence-electron chi connectivity index (χ4n) is 4.65. The van der Waals surface area contributed by atoms with Crippen molar-refractivity contribution in [2.24, 2.45) is 11.7 Å². The van der Waals surface area contributed by atoms with E-state index in [0.717, 1.165) is 83.0 Å². The molecule has 3 fully saturated rings. The molecule has 4 aliphatic rings. The maximum Gasteiger partial charge on any atom is 0.258 e. The summed E-state index contributed by atoms with van der Waals surface area (Å²) in [6, 6.07) is 0.0819. The van der Waals surface area contributed by atoms with Crippen molar-refractivity contribution in [3.05, 3.63) is 23.7 Å². The summed E-state index contributed by atoms with van der Waals surface area (Å²) in [5.41, 5.74) is 6.33. The number of hydrogen-bond donors (Lipinski definition) is 4. The summed E-state index contributed by atoms with van der Waals surface area (Å²) in [7, 11) is -1.34. The SMILES string of the molecule is N[C@H]1CCCCC/C=C\[C@@H]2C[C@@]2(C(=O)NS(=O)C2CC2)N/C(O)=C2/CCCCN2C1. The van der Waals surface area contributed by atoms with Crippen LogP contribution < -0.4 is 15.8 Å². The Morgan fingerprint density at radius 1 is 1.23 bits per heavy atom. The van der Waals surface area contributed by atoms with Gasteiger partial charge >= 0.3 is 0 Å². The Balaban J connectivity index is 1.56. The minimum atomic E-state index is -1.34. The molecule has 0 aromatic carbocycles. The van der Waals surface area contributed by atoms with Crippen molar-refractivity contribution in [3.8, 4) is 0 Å². The van der Waals surface area contributed by atoms with E-state index in [9.17, 15) is 14.1 Å². The number of piperidine rings is 1. The van der Waals surface area contributed by atoms with Crippen molar-refractivity contribution in [2.75, 3.05) is 13.1 Å². The van der Waals surface area contributed by atoms with E-state index in [0.29, 0.717) is 6.42 Å². The molecule has 0 radical (unpaired) electrons. The molecule has 2 saturated carbocycles. The highest BCUT2D eigenvalue weighted by atomic mass is 32.2. The Morgan fingerprint density at radius 2 is 2.07 bits per heavy atom. The fraction of sp³-hybridized carbons (Fsp3) is 0.773. The predicted molar refractivity (Wildman–Crippen MR) is 119 cm³/mol. The minimum Gasteiger partial charge on any atom is -0.494 e. The molecule has 0 aromatic rings. The number of allylic oxidation sites excluding steroid dienone is 2. The predicted octanol–water partition coefficient (Wildman–Crippen LogP) is 2.34. The summed E-state index contributed by atoms with van der Waals surface area (Å²) < 4.78 is 15.0. The summed E-state index contributed by atoms with van der Waals surface area (Å²) in [5, 5.41) is 14.3. The molecule has 0 spiro atoms. The van der Waals surface area contributed by atoms with E-state index >= 15 is 0 Å². The summed E-state index contributed by atoms with van der Waals surface area (Å²) in [6.45, 7) is 1.61. The first-order valence-electron chi connectivity index (χ1n) is 11.6. The second kappa shape index (κ2) is 9.30. The van der Waals surface area contributed by atoms with Gasteiger partial charge in [-0.2, -0.15) is 0 Å². The van der Waals surface area contributed by atoms with Gasteiger partial charge in [0, 0.05) is 25.0 Å². The largest absolute Gasteiger partial charge is 0.494 e. The molecule has 168 valence electrons. The first-order valence-corrected chi connectivity index (χ1v) is 12.8. The smallest absolute Gasteiger partial charge is 0.258 e. The van der Waals surface area contributed by atoms with Crippen LogP contribution in [0.15, 0.2) is 23.7 Å². The zero-order valence-corrected chi connectivity index (χ0v) is 18.6. The van der Waals surface area contributed by atoms with Crippen LogP contribution in [0.2, 0.25) is 0 Å². The number of nitrogens with one attached hydrogen (secondary N) is 2. The van der Waals surface area contributed by atoms with Gasteiger partial charge in [-0.25, -0.2) is 4.21 Å². The number of carbonyl (C=O) groups is 1. The van der Waals surface area contributed by atoms with E-state index in [1.165, 1.54) is 0 Å². The quantitative estimate of drug-likeness (QED) is 0.506. The second-order valence-corrected chi connectivity index (χ2v) is 10.8. The minimum absolute atomic E-state index is 0.000814. The fourth-order valence-corrected chi connectivity index (χ4v) is 5.75. The van der Waals surface area contributed by atoms with Gasteiger partial charge in [-0.05, 0) is 57.8 Å². The Kier molecular flexibility index (Phi) is 6.72. The maximum absolute atomic E-state index is 13.1. The monoisotopic (exact) mass is 436 g/mol. The summed E-state index contributed by atoms with van der Waals surface area (Å²) in [4.78, 5) is 15.3. The van der Waals surface area contributed by atoms with Crippen LogP contribution in [0.5, 0.6) is 0 Å². The van der Waals surface area contributed by atoms with Gasteiger partial charge in [-0.15, -0.1) is 0 Å². The van der Waals surface area contributed by atoms with E-state index in [-0.39, 0.29) is 29.0 Å². The van der Waals surface area contributed by atoms with Crippen molar-refractivity contribution < 1.29 is 14.1 Å². The third kappa shape index (κ3) is 5.02. The molecule has 2 aliphatic heterocycles. The van der Waals surface area contributed by atoms with Crippen molar-refractivity contribution in [1.82, 2.24) is 14.9 Å². The van der Waals surface area contributed by atoms with Crippen LogP contribution >= 0.6 is 0 Å². The number of rotatable bonds is 3. The molecular weight excluding hydrogens is 400 g/mol. The van der Waals surface area contributed by atoms with Gasteiger partial charge in [-0.3, -0.25) is 9.52 Å². The molecule has 2 heterocycles. The third-order valence-corrected chi connectivity index (χ3v) is 8.26. The maximum atomic E-state index is 13.1. The van der Waals surface area contributed by atoms with E-state index in [4.69, 9.17) is 5.73 Å². The number of amides is 1. The first-order chi connectivity index (χ1) is 14.5. The summed E-state index contributed by atoms with van der Waals surface area (Å²) in [5.74, 6) is -0.182. The van der Waals surface area contributed by atoms with Crippen LogP contribution in [-0.2, 0) is 15.8 Å². The highest BCUT2D eigenvalue weighted by Gasteiger charge is 2.60. The van der Waals surface area contributed by atoms with Crippen molar-refractivity contribution >= 4 is 16.9 Å². The topological polar surface area (TPSA) is 108 Å². The van der Waals surface area contributed by atoms with Crippen LogP contribution in [0, 0.1) is 5.92 Å². The second-order valence-electron chi connectivity index (χ2n) is 9.36. The van der Waals surface area contributed by atoms with Crippen LogP contribution in [0.25, 0.3) is 0 Å². The third-order valence-electron chi connectivity index (χ3n) is 6.80. The lowest BCUT2D eigenvalue weighted by Crippen LogP contribution is -2.50. The van der Waals surface area contributed by atoms with Gasteiger partial charge in [-0.1, -0.05) is 25.0 Å². The molecule has 0 aromatic heterocycles. The Labute approximate surface area is 182 Å². The van der Waals surface area contributed by atoms with E-state index in [1.807, 2.05) is 0 Å². The zero-order valence-electron chi connectivity index (χ0n) is 17.8. The molecule has 7 nitrogen and oxygen atoms in total. The zero-order chi connectivity index (χ0) is 21.1. The number of carbonyl (C=O) groups excluding carboxylic acids is 1. The molecule has 1 amide bonds. The molecule has 1 unspecified atom stereocenters. The average molecular weight is 437 g/mol. The van der Waals surface area contributed by atoms with Crippen LogP contribution in [0.3, 0.4) is 0 Å². The molecule has 30 heavy (non-hydrogen) atoms. The lowest BCUT2D eigenvalue weighted by atomic mass is 10.0. The van der Waals surface area contributed by atoms with E-state index in [1.54, 1.807) is 0 Å². The van der Waals surface area contributed by atoms with Crippen molar-refractivity contribution in [3.63, 3.8) is 0 Å². The van der Waals surface area contributed by atoms with Gasteiger partial charge in [0.1, 0.15) is 16.5 Å². The van der Waals surface area contributed by atoms with E-state index in [2.05, 4.69) is 27.1 Å². The average Bonchev–Trinajstić information content (AvgIpc) is 3.63. The van der Waals surface area contributed by atoms with Crippen LogP contribution in [0.4, 0.5) is 0 Å². The molecule has 1 saturated heterocycles. The molecule has 0 bridgehead atoms. The molecule has 2 aliphatic carbocycles. The van der Waals surface area contributed by atoms with Gasteiger partial charge in [0.2, 0.25) is 5.88 Å². The Hall–Kier alpha value is -1.54. The van der Waals surface area contributed by atoms with Gasteiger partial charge in [0.05, 0.1) is 10.9 Å². The lowest BCUT2D eigenvalue weighted by molar-refractivity contribution is -0.122. The lowest BCUT2D eigenvalue weighted by Gasteiger charge is -2.35.